The Kier molecular flexibility index (Phi) is 9.62. The summed E-state index contributed by atoms with van der Waals surface area (Å²) in [7, 11) is 0. The number of thiazole rings is 1. The Morgan fingerprint density at radius 3 is 2.46 bits per heavy atom. The van der Waals surface area contributed by atoms with E-state index in [4.69, 9.17) is 4.74 Å². The van der Waals surface area contributed by atoms with Crippen molar-refractivity contribution >= 4 is 61.0 Å². The van der Waals surface area contributed by atoms with Gasteiger partial charge in [0.2, 0.25) is 0 Å². The van der Waals surface area contributed by atoms with Gasteiger partial charge in [-0.3, -0.25) is 9.59 Å². The minimum atomic E-state index is -1.12. The van der Waals surface area contributed by atoms with Crippen LogP contribution in [0.2, 0.25) is 0 Å². The first-order valence-electron chi connectivity index (χ1n) is 13.4. The maximum Gasteiger partial charge on any atom is 0.309 e. The molecule has 2 aliphatic rings. The number of carbonyl (C=O) groups excluding carboxylic acids is 2. The van der Waals surface area contributed by atoms with Crippen LogP contribution in [0.1, 0.15) is 91.3 Å². The minimum Gasteiger partial charge on any atom is -0.458 e. The summed E-state index contributed by atoms with van der Waals surface area (Å²) in [4.78, 5) is 31.2. The molecule has 1 saturated carbocycles. The molecule has 7 atom stereocenters. The van der Waals surface area contributed by atoms with Gasteiger partial charge in [0.15, 0.2) is 0 Å². The Bertz CT molecular complexity index is 1030. The lowest BCUT2D eigenvalue weighted by Crippen LogP contribution is -2.44. The van der Waals surface area contributed by atoms with E-state index in [0.29, 0.717) is 12.3 Å². The van der Waals surface area contributed by atoms with Gasteiger partial charge in [-0.1, -0.05) is 86.2 Å². The number of nitrogens with zero attached hydrogens (tertiary/aromatic N) is 1. The minimum absolute atomic E-state index is 0.0000698. The van der Waals surface area contributed by atoms with Crippen LogP contribution in [0.15, 0.2) is 11.0 Å². The first-order chi connectivity index (χ1) is 17.0. The molecule has 0 amide bonds. The van der Waals surface area contributed by atoms with Gasteiger partial charge in [-0.15, -0.1) is 11.3 Å². The molecule has 1 aromatic rings. The summed E-state index contributed by atoms with van der Waals surface area (Å²) < 4.78 is 5.83. The van der Waals surface area contributed by atoms with Crippen molar-refractivity contribution in [1.29, 1.82) is 0 Å². The summed E-state index contributed by atoms with van der Waals surface area (Å²) in [5.41, 5.74) is 0.746. The standard InChI is InChI=1S/C29H43Br2NO4S/c1-16-10-9-11-28(8)23(29(28,30)31)13-22(17(2)12-21-15-37-20(5)32-21)36-25(34)14-24(33)27(6,7)26(35)19(4)18(16)3/h12,15-16,18-19,22-24,33H,9-11,13-14H2,1-8H3/b17-12+/t16-,18-,19+,22-,23-,24-,28+/m0/s1. The number of ketones is 1. The van der Waals surface area contributed by atoms with Gasteiger partial charge in [-0.2, -0.15) is 0 Å². The molecule has 1 aromatic heterocycles. The van der Waals surface area contributed by atoms with E-state index in [1.807, 2.05) is 32.2 Å². The van der Waals surface area contributed by atoms with Crippen LogP contribution < -0.4 is 0 Å². The molecule has 3 rings (SSSR count). The highest BCUT2D eigenvalue weighted by Crippen LogP contribution is 2.75. The number of carbonyl (C=O) groups is 2. The van der Waals surface area contributed by atoms with Gasteiger partial charge < -0.3 is 9.84 Å². The maximum atomic E-state index is 13.5. The number of aliphatic hydroxyl groups excluding tert-OH is 1. The van der Waals surface area contributed by atoms with Crippen LogP contribution in [0.3, 0.4) is 0 Å². The van der Waals surface area contributed by atoms with Crippen LogP contribution in [0, 0.1) is 41.4 Å². The van der Waals surface area contributed by atoms with E-state index in [0.717, 1.165) is 35.5 Å². The highest BCUT2D eigenvalue weighted by Gasteiger charge is 2.71. The van der Waals surface area contributed by atoms with Crippen molar-refractivity contribution in [3.05, 3.63) is 21.7 Å². The fourth-order valence-corrected chi connectivity index (χ4v) is 8.57. The highest BCUT2D eigenvalue weighted by molar-refractivity contribution is 9.25. The molecular formula is C29H43Br2NO4S. The molecule has 1 N–H and O–H groups in total. The van der Waals surface area contributed by atoms with Crippen molar-refractivity contribution in [2.24, 2.45) is 34.5 Å². The Hall–Kier alpha value is -0.570. The number of aromatic nitrogens is 1. The number of fused-ring (bicyclic) bond motifs is 1. The monoisotopic (exact) mass is 659 g/mol. The third-order valence-electron chi connectivity index (χ3n) is 9.41. The van der Waals surface area contributed by atoms with E-state index in [2.05, 4.69) is 57.6 Å². The van der Waals surface area contributed by atoms with E-state index >= 15 is 0 Å². The predicted molar refractivity (Wildman–Crippen MR) is 158 cm³/mol. The molecule has 0 spiro atoms. The summed E-state index contributed by atoms with van der Waals surface area (Å²) in [5, 5.41) is 14.0. The number of aryl methyl sites for hydroxylation is 1. The van der Waals surface area contributed by atoms with Crippen molar-refractivity contribution in [2.45, 2.75) is 103 Å². The number of alkyl halides is 2. The second-order valence-corrected chi connectivity index (χ2v) is 16.9. The van der Waals surface area contributed by atoms with Crippen molar-refractivity contribution in [2.75, 3.05) is 0 Å². The third-order valence-corrected chi connectivity index (χ3v) is 13.1. The lowest BCUT2D eigenvalue weighted by atomic mass is 9.70. The summed E-state index contributed by atoms with van der Waals surface area (Å²) in [6.07, 6.45) is 3.99. The van der Waals surface area contributed by atoms with E-state index in [1.165, 1.54) is 0 Å². The molecule has 2 fully saturated rings. The van der Waals surface area contributed by atoms with Crippen molar-refractivity contribution in [3.63, 3.8) is 0 Å². The molecule has 1 saturated heterocycles. The zero-order valence-electron chi connectivity index (χ0n) is 23.4. The molecule has 1 aliphatic carbocycles. The van der Waals surface area contributed by atoms with E-state index in [-0.39, 0.29) is 38.6 Å². The number of ether oxygens (including phenoxy) is 1. The van der Waals surface area contributed by atoms with Gasteiger partial charge in [0, 0.05) is 11.3 Å². The van der Waals surface area contributed by atoms with Crippen LogP contribution in [0.5, 0.6) is 0 Å². The van der Waals surface area contributed by atoms with Crippen LogP contribution in [-0.2, 0) is 14.3 Å². The molecule has 37 heavy (non-hydrogen) atoms. The van der Waals surface area contributed by atoms with Gasteiger partial charge in [-0.05, 0) is 61.5 Å². The predicted octanol–water partition coefficient (Wildman–Crippen LogP) is 7.72. The SMILES string of the molecule is C/C(=C\c1csc(C)n1)[C@@H]1C[C@@H]2C(Br)(Br)[C@]2(C)CCC[C@H](C)[C@H](C)[C@@H](C)C(=O)C(C)(C)[C@@H](O)CC(=O)O1. The number of hydrogen-bond donors (Lipinski definition) is 1. The number of rotatable bonds is 2. The van der Waals surface area contributed by atoms with Crippen LogP contribution in [-0.4, -0.2) is 37.3 Å². The van der Waals surface area contributed by atoms with Crippen molar-refractivity contribution in [3.8, 4) is 0 Å². The second-order valence-electron chi connectivity index (χ2n) is 12.3. The average Bonchev–Trinajstić information content (AvgIpc) is 3.06. The normalized spacial score (nSPS) is 37.5. The average molecular weight is 662 g/mol. The van der Waals surface area contributed by atoms with Crippen molar-refractivity contribution < 1.29 is 19.4 Å². The quantitative estimate of drug-likeness (QED) is 0.260. The molecule has 8 heteroatoms. The molecule has 0 radical (unpaired) electrons. The van der Waals surface area contributed by atoms with Gasteiger partial charge in [0.1, 0.15) is 11.9 Å². The number of aliphatic hydroxyl groups is 1. The van der Waals surface area contributed by atoms with Gasteiger partial charge in [0.25, 0.3) is 0 Å². The van der Waals surface area contributed by atoms with E-state index in [9.17, 15) is 14.7 Å². The molecule has 1 aliphatic heterocycles. The number of esters is 1. The van der Waals surface area contributed by atoms with E-state index < -0.39 is 23.6 Å². The number of hydrogen-bond acceptors (Lipinski definition) is 6. The Morgan fingerprint density at radius 1 is 1.22 bits per heavy atom. The van der Waals surface area contributed by atoms with E-state index in [1.54, 1.807) is 25.2 Å². The largest absolute Gasteiger partial charge is 0.458 e. The molecule has 0 aromatic carbocycles. The highest BCUT2D eigenvalue weighted by atomic mass is 79.9. The van der Waals surface area contributed by atoms with Crippen LogP contribution >= 0.6 is 43.2 Å². The third kappa shape index (κ3) is 6.44. The molecule has 2 heterocycles. The fourth-order valence-electron chi connectivity index (χ4n) is 5.89. The first kappa shape index (κ1) is 31.0. The first-order valence-corrected chi connectivity index (χ1v) is 15.9. The summed E-state index contributed by atoms with van der Waals surface area (Å²) in [6, 6.07) is 0. The van der Waals surface area contributed by atoms with Gasteiger partial charge in [-0.25, -0.2) is 4.98 Å². The molecule has 0 bridgehead atoms. The molecule has 5 nitrogen and oxygen atoms in total. The summed E-state index contributed by atoms with van der Waals surface area (Å²) >= 11 is 9.47. The zero-order chi connectivity index (χ0) is 27.9. The zero-order valence-corrected chi connectivity index (χ0v) is 27.4. The molecule has 0 unspecified atom stereocenters. The van der Waals surface area contributed by atoms with Crippen LogP contribution in [0.4, 0.5) is 0 Å². The summed E-state index contributed by atoms with van der Waals surface area (Å²) in [6.45, 7) is 16.1. The lowest BCUT2D eigenvalue weighted by molar-refractivity contribution is -0.154. The number of Topliss-reactive ketones (excluding diaryl/α,β-unsaturated/α-hetero) is 1. The Morgan fingerprint density at radius 2 is 1.86 bits per heavy atom. The lowest BCUT2D eigenvalue weighted by Gasteiger charge is -2.35. The topological polar surface area (TPSA) is 76.5 Å². The van der Waals surface area contributed by atoms with Gasteiger partial charge >= 0.3 is 5.97 Å². The molecule has 208 valence electrons. The number of halogens is 2. The molecular weight excluding hydrogens is 618 g/mol. The Labute approximate surface area is 243 Å². The Balaban J connectivity index is 1.93. The van der Waals surface area contributed by atoms with Crippen molar-refractivity contribution in [1.82, 2.24) is 4.98 Å². The second kappa shape index (κ2) is 11.5. The van der Waals surface area contributed by atoms with Gasteiger partial charge in [0.05, 0.1) is 31.9 Å². The maximum absolute atomic E-state index is 13.5. The van der Waals surface area contributed by atoms with Crippen LogP contribution in [0.25, 0.3) is 6.08 Å². The summed E-state index contributed by atoms with van der Waals surface area (Å²) in [5.74, 6) is 0.134. The fraction of sp³-hybridized carbons (Fsp3) is 0.759. The number of cyclic esters (lactones) is 1. The smallest absolute Gasteiger partial charge is 0.309 e.